The fourth-order valence-electron chi connectivity index (χ4n) is 1.41. The molecule has 0 bridgehead atoms. The van der Waals surface area contributed by atoms with E-state index in [9.17, 15) is 4.79 Å². The van der Waals surface area contributed by atoms with Crippen molar-refractivity contribution < 1.29 is 14.3 Å². The van der Waals surface area contributed by atoms with Crippen LogP contribution in [0.1, 0.15) is 23.2 Å². The lowest BCUT2D eigenvalue weighted by atomic mass is 10.2. The SMILES string of the molecule is COC(=O)c1cc(OCC2CC2)ccc1N. The topological polar surface area (TPSA) is 61.5 Å². The van der Waals surface area contributed by atoms with Crippen LogP contribution in [0, 0.1) is 5.92 Å². The second kappa shape index (κ2) is 4.43. The van der Waals surface area contributed by atoms with Gasteiger partial charge >= 0.3 is 5.97 Å². The summed E-state index contributed by atoms with van der Waals surface area (Å²) >= 11 is 0. The zero-order valence-electron chi connectivity index (χ0n) is 9.23. The summed E-state index contributed by atoms with van der Waals surface area (Å²) < 4.78 is 10.2. The number of ether oxygens (including phenoxy) is 2. The van der Waals surface area contributed by atoms with Gasteiger partial charge in [-0.25, -0.2) is 4.79 Å². The molecular formula is C12H15NO3. The summed E-state index contributed by atoms with van der Waals surface area (Å²) in [6.45, 7) is 0.713. The number of hydrogen-bond acceptors (Lipinski definition) is 4. The van der Waals surface area contributed by atoms with E-state index in [2.05, 4.69) is 4.74 Å². The van der Waals surface area contributed by atoms with Crippen LogP contribution in [-0.4, -0.2) is 19.7 Å². The Bertz CT molecular complexity index is 399. The highest BCUT2D eigenvalue weighted by Gasteiger charge is 2.22. The molecule has 0 atom stereocenters. The second-order valence-corrected chi connectivity index (χ2v) is 4.00. The van der Waals surface area contributed by atoms with Crippen LogP contribution < -0.4 is 10.5 Å². The summed E-state index contributed by atoms with van der Waals surface area (Å²) in [7, 11) is 1.33. The molecule has 0 aromatic heterocycles. The highest BCUT2D eigenvalue weighted by Crippen LogP contribution is 2.30. The van der Waals surface area contributed by atoms with E-state index in [4.69, 9.17) is 10.5 Å². The molecule has 0 heterocycles. The third kappa shape index (κ3) is 2.45. The molecule has 0 amide bonds. The maximum absolute atomic E-state index is 11.4. The van der Waals surface area contributed by atoms with E-state index in [1.54, 1.807) is 18.2 Å². The molecule has 0 aliphatic heterocycles. The lowest BCUT2D eigenvalue weighted by Crippen LogP contribution is -2.07. The Morgan fingerprint density at radius 1 is 1.50 bits per heavy atom. The average molecular weight is 221 g/mol. The fourth-order valence-corrected chi connectivity index (χ4v) is 1.41. The Morgan fingerprint density at radius 3 is 2.88 bits per heavy atom. The molecule has 4 nitrogen and oxygen atoms in total. The van der Waals surface area contributed by atoms with Gasteiger partial charge in [0.05, 0.1) is 19.3 Å². The van der Waals surface area contributed by atoms with E-state index < -0.39 is 5.97 Å². The van der Waals surface area contributed by atoms with E-state index in [1.807, 2.05) is 0 Å². The van der Waals surface area contributed by atoms with Gasteiger partial charge in [0.15, 0.2) is 0 Å². The first kappa shape index (κ1) is 10.8. The number of carbonyl (C=O) groups excluding carboxylic acids is 1. The Labute approximate surface area is 94.3 Å². The summed E-state index contributed by atoms with van der Waals surface area (Å²) in [6.07, 6.45) is 2.47. The molecule has 0 unspecified atom stereocenters. The van der Waals surface area contributed by atoms with Gasteiger partial charge in [0.1, 0.15) is 5.75 Å². The molecule has 1 aliphatic carbocycles. The molecule has 86 valence electrons. The molecule has 0 spiro atoms. The minimum absolute atomic E-state index is 0.357. The maximum Gasteiger partial charge on any atom is 0.340 e. The van der Waals surface area contributed by atoms with Crippen molar-refractivity contribution in [1.82, 2.24) is 0 Å². The van der Waals surface area contributed by atoms with Crippen molar-refractivity contribution in [2.24, 2.45) is 5.92 Å². The van der Waals surface area contributed by atoms with Gasteiger partial charge in [-0.05, 0) is 37.0 Å². The van der Waals surface area contributed by atoms with E-state index in [0.717, 1.165) is 0 Å². The van der Waals surface area contributed by atoms with Gasteiger partial charge in [-0.3, -0.25) is 0 Å². The summed E-state index contributed by atoms with van der Waals surface area (Å²) in [5.41, 5.74) is 6.44. The van der Waals surface area contributed by atoms with E-state index in [1.165, 1.54) is 20.0 Å². The lowest BCUT2D eigenvalue weighted by Gasteiger charge is -2.08. The second-order valence-electron chi connectivity index (χ2n) is 4.00. The van der Waals surface area contributed by atoms with Gasteiger partial charge in [-0.15, -0.1) is 0 Å². The first-order chi connectivity index (χ1) is 7.70. The fraction of sp³-hybridized carbons (Fsp3) is 0.417. The molecule has 2 N–H and O–H groups in total. The number of anilines is 1. The maximum atomic E-state index is 11.4. The number of hydrogen-bond donors (Lipinski definition) is 1. The average Bonchev–Trinajstić information content (AvgIpc) is 3.11. The molecule has 2 rings (SSSR count). The van der Waals surface area contributed by atoms with Gasteiger partial charge in [0, 0.05) is 5.69 Å². The molecule has 4 heteroatoms. The van der Waals surface area contributed by atoms with E-state index in [0.29, 0.717) is 29.5 Å². The predicted molar refractivity (Wildman–Crippen MR) is 60.4 cm³/mol. The third-order valence-corrected chi connectivity index (χ3v) is 2.61. The zero-order valence-corrected chi connectivity index (χ0v) is 9.23. The highest BCUT2D eigenvalue weighted by molar-refractivity contribution is 5.95. The van der Waals surface area contributed by atoms with Crippen molar-refractivity contribution in [2.75, 3.05) is 19.5 Å². The number of nitrogens with two attached hydrogens (primary N) is 1. The van der Waals surface area contributed by atoms with Gasteiger partial charge in [0.2, 0.25) is 0 Å². The van der Waals surface area contributed by atoms with Crippen LogP contribution in [0.5, 0.6) is 5.75 Å². The van der Waals surface area contributed by atoms with Crippen molar-refractivity contribution in [3.05, 3.63) is 23.8 Å². The van der Waals surface area contributed by atoms with Crippen LogP contribution in [0.25, 0.3) is 0 Å². The van der Waals surface area contributed by atoms with Crippen molar-refractivity contribution >= 4 is 11.7 Å². The van der Waals surface area contributed by atoms with Gasteiger partial charge < -0.3 is 15.2 Å². The Kier molecular flexibility index (Phi) is 2.99. The van der Waals surface area contributed by atoms with Crippen molar-refractivity contribution in [1.29, 1.82) is 0 Å². The van der Waals surface area contributed by atoms with Crippen LogP contribution >= 0.6 is 0 Å². The van der Waals surface area contributed by atoms with Crippen LogP contribution in [-0.2, 0) is 4.74 Å². The molecule has 1 aromatic carbocycles. The summed E-state index contributed by atoms with van der Waals surface area (Å²) in [5, 5.41) is 0. The molecule has 1 aliphatic rings. The number of esters is 1. The van der Waals surface area contributed by atoms with E-state index in [-0.39, 0.29) is 0 Å². The minimum atomic E-state index is -0.436. The number of methoxy groups -OCH3 is 1. The van der Waals surface area contributed by atoms with Crippen LogP contribution in [0.15, 0.2) is 18.2 Å². The summed E-state index contributed by atoms with van der Waals surface area (Å²) in [4.78, 5) is 11.4. The Hall–Kier alpha value is -1.71. The first-order valence-electron chi connectivity index (χ1n) is 5.31. The largest absolute Gasteiger partial charge is 0.493 e. The predicted octanol–water partition coefficient (Wildman–Crippen LogP) is 1.84. The lowest BCUT2D eigenvalue weighted by molar-refractivity contribution is 0.0601. The molecular weight excluding hydrogens is 206 g/mol. The summed E-state index contributed by atoms with van der Waals surface area (Å²) in [5.74, 6) is 0.912. The molecule has 16 heavy (non-hydrogen) atoms. The monoisotopic (exact) mass is 221 g/mol. The molecule has 0 radical (unpaired) electrons. The van der Waals surface area contributed by atoms with Crippen molar-refractivity contribution in [3.8, 4) is 5.75 Å². The van der Waals surface area contributed by atoms with Crippen LogP contribution in [0.4, 0.5) is 5.69 Å². The highest BCUT2D eigenvalue weighted by atomic mass is 16.5. The molecule has 0 saturated heterocycles. The van der Waals surface area contributed by atoms with Crippen molar-refractivity contribution in [2.45, 2.75) is 12.8 Å². The molecule has 1 fully saturated rings. The smallest absolute Gasteiger partial charge is 0.340 e. The van der Waals surface area contributed by atoms with Gasteiger partial charge in [-0.1, -0.05) is 0 Å². The quantitative estimate of drug-likeness (QED) is 0.622. The van der Waals surface area contributed by atoms with Gasteiger partial charge in [0.25, 0.3) is 0 Å². The Morgan fingerprint density at radius 2 is 2.25 bits per heavy atom. The minimum Gasteiger partial charge on any atom is -0.493 e. The Balaban J connectivity index is 2.10. The van der Waals surface area contributed by atoms with Crippen LogP contribution in [0.2, 0.25) is 0 Å². The van der Waals surface area contributed by atoms with E-state index >= 15 is 0 Å². The number of benzene rings is 1. The summed E-state index contributed by atoms with van der Waals surface area (Å²) in [6, 6.07) is 5.06. The number of rotatable bonds is 4. The third-order valence-electron chi connectivity index (χ3n) is 2.61. The first-order valence-corrected chi connectivity index (χ1v) is 5.31. The normalized spacial score (nSPS) is 14.6. The zero-order chi connectivity index (χ0) is 11.5. The molecule has 1 aromatic rings. The van der Waals surface area contributed by atoms with Crippen LogP contribution in [0.3, 0.4) is 0 Å². The number of nitrogen functional groups attached to an aromatic ring is 1. The number of carbonyl (C=O) groups is 1. The van der Waals surface area contributed by atoms with Gasteiger partial charge in [-0.2, -0.15) is 0 Å². The van der Waals surface area contributed by atoms with Crippen molar-refractivity contribution in [3.63, 3.8) is 0 Å². The molecule has 1 saturated carbocycles. The standard InChI is InChI=1S/C12H15NO3/c1-15-12(14)10-6-9(4-5-11(10)13)16-7-8-2-3-8/h4-6,8H,2-3,7,13H2,1H3.